The Morgan fingerprint density at radius 3 is 2.84 bits per heavy atom. The van der Waals surface area contributed by atoms with E-state index in [1.807, 2.05) is 41.3 Å². The van der Waals surface area contributed by atoms with Crippen LogP contribution < -0.4 is 4.74 Å². The lowest BCUT2D eigenvalue weighted by atomic mass is 10.1. The molecular weight excluding hydrogens is 321 g/mol. The maximum absolute atomic E-state index is 13.5. The second kappa shape index (κ2) is 7.14. The third-order valence-electron chi connectivity index (χ3n) is 4.45. The van der Waals surface area contributed by atoms with Crippen LogP contribution in [0.5, 0.6) is 5.75 Å². The Morgan fingerprint density at radius 1 is 1.16 bits per heavy atom. The molecule has 1 aromatic carbocycles. The van der Waals surface area contributed by atoms with Crippen molar-refractivity contribution in [2.75, 3.05) is 19.7 Å². The molecule has 25 heavy (non-hydrogen) atoms. The summed E-state index contributed by atoms with van der Waals surface area (Å²) in [7, 11) is 0. The number of nitrogens with zero attached hydrogens (tertiary/aromatic N) is 5. The molecule has 7 heteroatoms. The average molecular weight is 341 g/mol. The van der Waals surface area contributed by atoms with Crippen LogP contribution in [0.1, 0.15) is 19.3 Å². The van der Waals surface area contributed by atoms with E-state index in [0.717, 1.165) is 48.6 Å². The number of rotatable bonds is 6. The summed E-state index contributed by atoms with van der Waals surface area (Å²) in [6, 6.07) is 11.6. The van der Waals surface area contributed by atoms with Crippen LogP contribution in [0.25, 0.3) is 16.9 Å². The second-order valence-corrected chi connectivity index (χ2v) is 6.19. The van der Waals surface area contributed by atoms with Gasteiger partial charge in [-0.25, -0.2) is 4.39 Å². The summed E-state index contributed by atoms with van der Waals surface area (Å²) < 4.78 is 20.9. The van der Waals surface area contributed by atoms with Crippen molar-refractivity contribution in [2.45, 2.75) is 25.6 Å². The fourth-order valence-corrected chi connectivity index (χ4v) is 3.10. The highest BCUT2D eigenvalue weighted by atomic mass is 19.1. The molecule has 0 amide bonds. The quantitative estimate of drug-likeness (QED) is 0.510. The van der Waals surface area contributed by atoms with Gasteiger partial charge >= 0.3 is 0 Å². The van der Waals surface area contributed by atoms with Crippen molar-refractivity contribution in [1.82, 2.24) is 24.7 Å². The number of aromatic nitrogens is 4. The van der Waals surface area contributed by atoms with Gasteiger partial charge in [-0.3, -0.25) is 4.90 Å². The first-order valence-corrected chi connectivity index (χ1v) is 8.58. The van der Waals surface area contributed by atoms with Crippen molar-refractivity contribution in [3.8, 4) is 17.0 Å². The molecule has 1 saturated heterocycles. The van der Waals surface area contributed by atoms with Crippen LogP contribution in [0.15, 0.2) is 42.7 Å². The van der Waals surface area contributed by atoms with Crippen molar-refractivity contribution in [1.29, 1.82) is 0 Å². The molecule has 1 aliphatic heterocycles. The molecule has 4 rings (SSSR count). The molecule has 2 aromatic heterocycles. The Bertz CT molecular complexity index is 835. The predicted octanol–water partition coefficient (Wildman–Crippen LogP) is 2.95. The smallest absolute Gasteiger partial charge is 0.177 e. The summed E-state index contributed by atoms with van der Waals surface area (Å²) in [4.78, 5) is 1.89. The van der Waals surface area contributed by atoms with E-state index < -0.39 is 6.30 Å². The number of ether oxygens (including phenoxy) is 1. The van der Waals surface area contributed by atoms with Crippen LogP contribution >= 0.6 is 0 Å². The minimum Gasteiger partial charge on any atom is -0.494 e. The molecular formula is C18H20FN5O. The highest BCUT2D eigenvalue weighted by molar-refractivity contribution is 5.60. The number of benzene rings is 1. The molecule has 0 radical (unpaired) electrons. The van der Waals surface area contributed by atoms with Crippen LogP contribution in [0.2, 0.25) is 0 Å². The Kier molecular flexibility index (Phi) is 4.56. The number of hydrogen-bond donors (Lipinski definition) is 0. The maximum atomic E-state index is 13.5. The van der Waals surface area contributed by atoms with Crippen molar-refractivity contribution in [2.24, 2.45) is 0 Å². The summed E-state index contributed by atoms with van der Waals surface area (Å²) >= 11 is 0. The summed E-state index contributed by atoms with van der Waals surface area (Å²) in [5.74, 6) is 0.812. The zero-order valence-electron chi connectivity index (χ0n) is 13.9. The minimum atomic E-state index is -0.769. The maximum Gasteiger partial charge on any atom is 0.177 e. The highest BCUT2D eigenvalue weighted by Gasteiger charge is 2.22. The number of likely N-dealkylation sites (tertiary alicyclic amines) is 1. The highest BCUT2D eigenvalue weighted by Crippen LogP contribution is 2.21. The number of hydrogen-bond acceptors (Lipinski definition) is 5. The molecule has 0 N–H and O–H groups in total. The first kappa shape index (κ1) is 16.0. The standard InChI is InChI=1S/C18H20FN5O/c19-17-3-1-10-23(17)11-2-12-25-15-6-4-14(5-7-15)16-8-9-18-21-20-13-24(18)22-16/h4-9,13,17H,1-3,10-12H2/t17-/m1/s1. The van der Waals surface area contributed by atoms with Gasteiger partial charge in [0.15, 0.2) is 11.9 Å². The van der Waals surface area contributed by atoms with Crippen LogP contribution in [0.3, 0.4) is 0 Å². The molecule has 0 spiro atoms. The van der Waals surface area contributed by atoms with E-state index in [1.165, 1.54) is 0 Å². The molecule has 3 heterocycles. The fraction of sp³-hybridized carbons (Fsp3) is 0.389. The van der Waals surface area contributed by atoms with E-state index in [-0.39, 0.29) is 0 Å². The van der Waals surface area contributed by atoms with Crippen LogP contribution in [0.4, 0.5) is 4.39 Å². The third kappa shape index (κ3) is 3.61. The lowest BCUT2D eigenvalue weighted by Crippen LogP contribution is -2.27. The van der Waals surface area contributed by atoms with Gasteiger partial charge < -0.3 is 4.74 Å². The van der Waals surface area contributed by atoms with Gasteiger partial charge in [-0.1, -0.05) is 0 Å². The number of alkyl halides is 1. The molecule has 1 atom stereocenters. The lowest BCUT2D eigenvalue weighted by molar-refractivity contribution is 0.120. The van der Waals surface area contributed by atoms with Gasteiger partial charge in [0.05, 0.1) is 12.3 Å². The first-order valence-electron chi connectivity index (χ1n) is 8.58. The van der Waals surface area contributed by atoms with E-state index in [0.29, 0.717) is 13.0 Å². The van der Waals surface area contributed by atoms with E-state index in [2.05, 4.69) is 15.3 Å². The van der Waals surface area contributed by atoms with E-state index >= 15 is 0 Å². The van der Waals surface area contributed by atoms with Crippen LogP contribution in [-0.4, -0.2) is 50.7 Å². The zero-order chi connectivity index (χ0) is 17.1. The molecule has 0 bridgehead atoms. The third-order valence-corrected chi connectivity index (χ3v) is 4.45. The van der Waals surface area contributed by atoms with E-state index in [1.54, 1.807) is 10.8 Å². The van der Waals surface area contributed by atoms with Crippen molar-refractivity contribution >= 4 is 5.65 Å². The normalized spacial score (nSPS) is 18.0. The molecule has 1 aliphatic rings. The van der Waals surface area contributed by atoms with E-state index in [9.17, 15) is 4.39 Å². The topological polar surface area (TPSA) is 55.5 Å². The SMILES string of the molecule is F[C@H]1CCCN1CCCOc1ccc(-c2ccc3nncn3n2)cc1. The average Bonchev–Trinajstić information content (AvgIpc) is 3.27. The lowest BCUT2D eigenvalue weighted by Gasteiger charge is -2.17. The molecule has 3 aromatic rings. The van der Waals surface area contributed by atoms with E-state index in [4.69, 9.17) is 4.74 Å². The summed E-state index contributed by atoms with van der Waals surface area (Å²) in [5.41, 5.74) is 2.57. The van der Waals surface area contributed by atoms with Gasteiger partial charge in [0.1, 0.15) is 12.1 Å². The number of halogens is 1. The van der Waals surface area contributed by atoms with Gasteiger partial charge in [-0.05, 0) is 55.7 Å². The molecule has 1 fully saturated rings. The van der Waals surface area contributed by atoms with Gasteiger partial charge in [0, 0.05) is 18.7 Å². The Hall–Kier alpha value is -2.54. The van der Waals surface area contributed by atoms with Crippen molar-refractivity contribution in [3.63, 3.8) is 0 Å². The molecule has 130 valence electrons. The van der Waals surface area contributed by atoms with Gasteiger partial charge in [0.2, 0.25) is 0 Å². The Morgan fingerprint density at radius 2 is 2.04 bits per heavy atom. The molecule has 0 aliphatic carbocycles. The summed E-state index contributed by atoms with van der Waals surface area (Å²) in [6.45, 7) is 2.20. The number of fused-ring (bicyclic) bond motifs is 1. The first-order chi connectivity index (χ1) is 12.3. The Balaban J connectivity index is 1.32. The van der Waals surface area contributed by atoms with Gasteiger partial charge in [-0.2, -0.15) is 9.61 Å². The van der Waals surface area contributed by atoms with Crippen LogP contribution in [0, 0.1) is 0 Å². The van der Waals surface area contributed by atoms with Gasteiger partial charge in [0.25, 0.3) is 0 Å². The monoisotopic (exact) mass is 341 g/mol. The molecule has 6 nitrogen and oxygen atoms in total. The van der Waals surface area contributed by atoms with Crippen LogP contribution in [-0.2, 0) is 0 Å². The molecule has 0 unspecified atom stereocenters. The Labute approximate surface area is 145 Å². The fourth-order valence-electron chi connectivity index (χ4n) is 3.10. The molecule has 0 saturated carbocycles. The minimum absolute atomic E-state index is 0.591. The predicted molar refractivity (Wildman–Crippen MR) is 92.0 cm³/mol. The summed E-state index contributed by atoms with van der Waals surface area (Å²) in [6.07, 6.45) is 3.26. The summed E-state index contributed by atoms with van der Waals surface area (Å²) in [5, 5.41) is 12.2. The van der Waals surface area contributed by atoms with Crippen molar-refractivity contribution in [3.05, 3.63) is 42.7 Å². The zero-order valence-corrected chi connectivity index (χ0v) is 13.9. The van der Waals surface area contributed by atoms with Gasteiger partial charge in [-0.15, -0.1) is 10.2 Å². The van der Waals surface area contributed by atoms with Crippen molar-refractivity contribution < 1.29 is 9.13 Å². The largest absolute Gasteiger partial charge is 0.494 e. The second-order valence-electron chi connectivity index (χ2n) is 6.19.